The molecule has 2 unspecified atom stereocenters. The Morgan fingerprint density at radius 2 is 1.95 bits per heavy atom. The van der Waals surface area contributed by atoms with Crippen molar-refractivity contribution in [1.82, 2.24) is 5.32 Å². The number of hydrogen-bond donors (Lipinski definition) is 2. The summed E-state index contributed by atoms with van der Waals surface area (Å²) in [7, 11) is 0. The van der Waals surface area contributed by atoms with E-state index in [2.05, 4.69) is 48.4 Å². The Balaban J connectivity index is 1.98. The van der Waals surface area contributed by atoms with Crippen LogP contribution in [0.3, 0.4) is 0 Å². The molecule has 1 fully saturated rings. The van der Waals surface area contributed by atoms with Crippen molar-refractivity contribution in [2.24, 2.45) is 5.92 Å². The Hall–Kier alpha value is -1.55. The average Bonchev–Trinajstić information content (AvgIpc) is 2.50. The van der Waals surface area contributed by atoms with Crippen LogP contribution in [-0.2, 0) is 4.79 Å². The molecule has 1 heterocycles. The Morgan fingerprint density at radius 3 is 2.52 bits per heavy atom. The average molecular weight is 289 g/mol. The van der Waals surface area contributed by atoms with Crippen LogP contribution in [0, 0.1) is 5.92 Å². The van der Waals surface area contributed by atoms with Crippen molar-refractivity contribution in [3.8, 4) is 0 Å². The lowest BCUT2D eigenvalue weighted by molar-refractivity contribution is -0.119. The van der Waals surface area contributed by atoms with Gasteiger partial charge in [-0.05, 0) is 63.4 Å². The molecule has 116 valence electrons. The second kappa shape index (κ2) is 7.46. The molecule has 1 amide bonds. The normalized spacial score (nSPS) is 21.9. The molecule has 0 bridgehead atoms. The zero-order chi connectivity index (χ0) is 15.2. The molecule has 1 aliphatic heterocycles. The minimum Gasteiger partial charge on any atom is -0.372 e. The predicted octanol–water partition coefficient (Wildman–Crippen LogP) is 2.86. The molecule has 2 atom stereocenters. The number of piperidine rings is 1. The molecule has 1 aromatic rings. The van der Waals surface area contributed by atoms with Gasteiger partial charge in [-0.2, -0.15) is 0 Å². The number of benzene rings is 1. The van der Waals surface area contributed by atoms with Crippen LogP contribution >= 0.6 is 0 Å². The van der Waals surface area contributed by atoms with Crippen LogP contribution in [0.25, 0.3) is 0 Å². The maximum absolute atomic E-state index is 12.3. The second-order valence-corrected chi connectivity index (χ2v) is 5.76. The molecule has 4 heteroatoms. The van der Waals surface area contributed by atoms with Crippen LogP contribution in [-0.4, -0.2) is 31.6 Å². The molecule has 1 saturated heterocycles. The van der Waals surface area contributed by atoms with Gasteiger partial charge in [0.25, 0.3) is 0 Å². The highest BCUT2D eigenvalue weighted by Crippen LogP contribution is 2.20. The van der Waals surface area contributed by atoms with E-state index in [1.165, 1.54) is 5.69 Å². The Labute approximate surface area is 127 Å². The summed E-state index contributed by atoms with van der Waals surface area (Å²) in [6, 6.07) is 8.04. The topological polar surface area (TPSA) is 44.4 Å². The summed E-state index contributed by atoms with van der Waals surface area (Å²) in [5.74, 6) is 0.478. The SMILES string of the molecule is CCN(CC)c1ccc(NC(=O)C2NCCCC2C)cc1. The lowest BCUT2D eigenvalue weighted by Gasteiger charge is -2.29. The van der Waals surface area contributed by atoms with E-state index in [4.69, 9.17) is 0 Å². The van der Waals surface area contributed by atoms with Crippen LogP contribution in [0.1, 0.15) is 33.6 Å². The third kappa shape index (κ3) is 3.97. The summed E-state index contributed by atoms with van der Waals surface area (Å²) in [6.45, 7) is 9.35. The van der Waals surface area contributed by atoms with Crippen molar-refractivity contribution in [3.63, 3.8) is 0 Å². The molecule has 0 aliphatic carbocycles. The van der Waals surface area contributed by atoms with Crippen molar-refractivity contribution in [2.75, 3.05) is 29.9 Å². The van der Waals surface area contributed by atoms with E-state index in [1.807, 2.05) is 12.1 Å². The second-order valence-electron chi connectivity index (χ2n) is 5.76. The monoisotopic (exact) mass is 289 g/mol. The number of amides is 1. The summed E-state index contributed by atoms with van der Waals surface area (Å²) in [5, 5.41) is 6.34. The summed E-state index contributed by atoms with van der Waals surface area (Å²) in [4.78, 5) is 14.6. The first-order valence-corrected chi connectivity index (χ1v) is 8.05. The highest BCUT2D eigenvalue weighted by atomic mass is 16.2. The smallest absolute Gasteiger partial charge is 0.241 e. The van der Waals surface area contributed by atoms with E-state index >= 15 is 0 Å². The highest BCUT2D eigenvalue weighted by molar-refractivity contribution is 5.95. The molecular weight excluding hydrogens is 262 g/mol. The molecule has 0 spiro atoms. The lowest BCUT2D eigenvalue weighted by atomic mass is 9.92. The van der Waals surface area contributed by atoms with Crippen LogP contribution in [0.4, 0.5) is 11.4 Å². The molecule has 21 heavy (non-hydrogen) atoms. The van der Waals surface area contributed by atoms with Crippen molar-refractivity contribution in [1.29, 1.82) is 0 Å². The van der Waals surface area contributed by atoms with E-state index in [0.717, 1.165) is 38.2 Å². The fraction of sp³-hybridized carbons (Fsp3) is 0.588. The number of rotatable bonds is 5. The maximum Gasteiger partial charge on any atom is 0.241 e. The summed E-state index contributed by atoms with van der Waals surface area (Å²) in [6.07, 6.45) is 2.27. The number of carbonyl (C=O) groups is 1. The molecule has 0 radical (unpaired) electrons. The predicted molar refractivity (Wildman–Crippen MR) is 88.8 cm³/mol. The van der Waals surface area contributed by atoms with E-state index < -0.39 is 0 Å². The molecule has 0 saturated carbocycles. The van der Waals surface area contributed by atoms with E-state index in [-0.39, 0.29) is 11.9 Å². The van der Waals surface area contributed by atoms with Gasteiger partial charge >= 0.3 is 0 Å². The largest absolute Gasteiger partial charge is 0.372 e. The van der Waals surface area contributed by atoms with Gasteiger partial charge in [-0.3, -0.25) is 4.79 Å². The van der Waals surface area contributed by atoms with Gasteiger partial charge in [-0.25, -0.2) is 0 Å². The molecular formula is C17H27N3O. The highest BCUT2D eigenvalue weighted by Gasteiger charge is 2.27. The minimum absolute atomic E-state index is 0.0683. The third-order valence-corrected chi connectivity index (χ3v) is 4.32. The van der Waals surface area contributed by atoms with Crippen molar-refractivity contribution < 1.29 is 4.79 Å². The quantitative estimate of drug-likeness (QED) is 0.876. The first kappa shape index (κ1) is 15.8. The zero-order valence-electron chi connectivity index (χ0n) is 13.4. The maximum atomic E-state index is 12.3. The molecule has 4 nitrogen and oxygen atoms in total. The Kier molecular flexibility index (Phi) is 5.62. The van der Waals surface area contributed by atoms with Crippen LogP contribution in [0.5, 0.6) is 0 Å². The van der Waals surface area contributed by atoms with Gasteiger partial charge in [0.15, 0.2) is 0 Å². The van der Waals surface area contributed by atoms with Gasteiger partial charge in [0.2, 0.25) is 5.91 Å². The first-order valence-electron chi connectivity index (χ1n) is 8.05. The minimum atomic E-state index is -0.0683. The number of nitrogens with one attached hydrogen (secondary N) is 2. The third-order valence-electron chi connectivity index (χ3n) is 4.32. The molecule has 1 aliphatic rings. The number of hydrogen-bond acceptors (Lipinski definition) is 3. The lowest BCUT2D eigenvalue weighted by Crippen LogP contribution is -2.48. The number of carbonyl (C=O) groups excluding carboxylic acids is 1. The molecule has 2 N–H and O–H groups in total. The van der Waals surface area contributed by atoms with Gasteiger partial charge in [0.1, 0.15) is 0 Å². The number of nitrogens with zero attached hydrogens (tertiary/aromatic N) is 1. The molecule has 0 aromatic heterocycles. The summed E-state index contributed by atoms with van der Waals surface area (Å²) >= 11 is 0. The van der Waals surface area contributed by atoms with Crippen LogP contribution in [0.15, 0.2) is 24.3 Å². The van der Waals surface area contributed by atoms with Gasteiger partial charge < -0.3 is 15.5 Å². The molecule has 1 aromatic carbocycles. The van der Waals surface area contributed by atoms with E-state index in [9.17, 15) is 4.79 Å². The zero-order valence-corrected chi connectivity index (χ0v) is 13.4. The molecule has 2 rings (SSSR count). The van der Waals surface area contributed by atoms with Gasteiger partial charge in [-0.15, -0.1) is 0 Å². The summed E-state index contributed by atoms with van der Waals surface area (Å²) < 4.78 is 0. The Morgan fingerprint density at radius 1 is 1.29 bits per heavy atom. The fourth-order valence-electron chi connectivity index (χ4n) is 2.96. The van der Waals surface area contributed by atoms with Crippen molar-refractivity contribution in [3.05, 3.63) is 24.3 Å². The first-order chi connectivity index (χ1) is 10.2. The van der Waals surface area contributed by atoms with Crippen molar-refractivity contribution >= 4 is 17.3 Å². The van der Waals surface area contributed by atoms with Gasteiger partial charge in [0.05, 0.1) is 6.04 Å². The van der Waals surface area contributed by atoms with Crippen LogP contribution < -0.4 is 15.5 Å². The fourth-order valence-corrected chi connectivity index (χ4v) is 2.96. The van der Waals surface area contributed by atoms with E-state index in [0.29, 0.717) is 5.92 Å². The standard InChI is InChI=1S/C17H27N3O/c1-4-20(5-2)15-10-8-14(9-11-15)19-17(21)16-13(3)7-6-12-18-16/h8-11,13,16,18H,4-7,12H2,1-3H3,(H,19,21). The van der Waals surface area contributed by atoms with E-state index in [1.54, 1.807) is 0 Å². The number of anilines is 2. The summed E-state index contributed by atoms with van der Waals surface area (Å²) in [5.41, 5.74) is 2.07. The van der Waals surface area contributed by atoms with Crippen LogP contribution in [0.2, 0.25) is 0 Å². The Bertz CT molecular complexity index is 454. The van der Waals surface area contributed by atoms with Gasteiger partial charge in [0, 0.05) is 24.5 Å². The van der Waals surface area contributed by atoms with Crippen molar-refractivity contribution in [2.45, 2.75) is 39.7 Å². The van der Waals surface area contributed by atoms with Gasteiger partial charge in [-0.1, -0.05) is 6.92 Å².